The van der Waals surface area contributed by atoms with Crippen molar-refractivity contribution in [3.05, 3.63) is 28.5 Å². The van der Waals surface area contributed by atoms with E-state index in [1.807, 2.05) is 0 Å². The van der Waals surface area contributed by atoms with Gasteiger partial charge >= 0.3 is 0 Å². The maximum Gasteiger partial charge on any atom is 0.146 e. The van der Waals surface area contributed by atoms with Gasteiger partial charge in [-0.2, -0.15) is 5.26 Å². The monoisotopic (exact) mass is 185 g/mol. The Hall–Kier alpha value is -1.27. The predicted molar refractivity (Wildman–Crippen MR) is 42.7 cm³/mol. The largest absolute Gasteiger partial charge is 0.495 e. The van der Waals surface area contributed by atoms with E-state index in [1.54, 1.807) is 6.07 Å². The minimum Gasteiger partial charge on any atom is -0.495 e. The van der Waals surface area contributed by atoms with E-state index in [9.17, 15) is 4.39 Å². The Bertz CT molecular complexity index is 346. The number of nitriles is 1. The summed E-state index contributed by atoms with van der Waals surface area (Å²) in [6, 6.07) is 4.15. The molecule has 0 atom stereocenters. The predicted octanol–water partition coefficient (Wildman–Crippen LogP) is 2.36. The van der Waals surface area contributed by atoms with Crippen molar-refractivity contribution >= 4 is 11.6 Å². The van der Waals surface area contributed by atoms with Crippen LogP contribution >= 0.6 is 11.6 Å². The Morgan fingerprint density at radius 2 is 2.25 bits per heavy atom. The molecule has 0 saturated carbocycles. The molecule has 0 aliphatic rings. The number of nitrogens with zero attached hydrogens (tertiary/aromatic N) is 1. The third kappa shape index (κ3) is 1.49. The van der Waals surface area contributed by atoms with Gasteiger partial charge in [-0.25, -0.2) is 4.39 Å². The first kappa shape index (κ1) is 8.82. The summed E-state index contributed by atoms with van der Waals surface area (Å²) in [6.07, 6.45) is 0. The number of ether oxygens (including phenoxy) is 1. The smallest absolute Gasteiger partial charge is 0.146 e. The van der Waals surface area contributed by atoms with Crippen molar-refractivity contribution in [2.45, 2.75) is 0 Å². The molecular formula is C8H5ClFNO. The van der Waals surface area contributed by atoms with E-state index in [0.29, 0.717) is 0 Å². The van der Waals surface area contributed by atoms with E-state index in [-0.39, 0.29) is 16.3 Å². The highest BCUT2D eigenvalue weighted by molar-refractivity contribution is 6.30. The molecule has 0 heterocycles. The van der Waals surface area contributed by atoms with Crippen LogP contribution in [-0.4, -0.2) is 7.11 Å². The van der Waals surface area contributed by atoms with Crippen LogP contribution in [0.2, 0.25) is 5.02 Å². The zero-order chi connectivity index (χ0) is 9.14. The molecular weight excluding hydrogens is 181 g/mol. The third-order valence-corrected chi connectivity index (χ3v) is 1.57. The summed E-state index contributed by atoms with van der Waals surface area (Å²) < 4.78 is 17.7. The minimum absolute atomic E-state index is 0.123. The molecule has 0 radical (unpaired) electrons. The molecule has 2 nitrogen and oxygen atoms in total. The fourth-order valence-corrected chi connectivity index (χ4v) is 1.01. The number of rotatable bonds is 1. The molecule has 0 fully saturated rings. The van der Waals surface area contributed by atoms with Crippen molar-refractivity contribution in [3.63, 3.8) is 0 Å². The minimum atomic E-state index is -0.665. The van der Waals surface area contributed by atoms with Crippen LogP contribution in [0, 0.1) is 17.1 Å². The van der Waals surface area contributed by atoms with Crippen molar-refractivity contribution in [1.82, 2.24) is 0 Å². The Kier molecular flexibility index (Phi) is 2.51. The first-order chi connectivity index (χ1) is 5.69. The molecule has 12 heavy (non-hydrogen) atoms. The lowest BCUT2D eigenvalue weighted by atomic mass is 10.2. The standard InChI is InChI=1S/C8H5ClFNO/c1-12-8-3-5(9)2-7(10)6(8)4-11/h2-3H,1H3. The molecule has 1 aromatic rings. The summed E-state index contributed by atoms with van der Waals surface area (Å²) >= 11 is 5.53. The topological polar surface area (TPSA) is 33.0 Å². The van der Waals surface area contributed by atoms with E-state index in [0.717, 1.165) is 6.07 Å². The van der Waals surface area contributed by atoms with Crippen LogP contribution in [0.25, 0.3) is 0 Å². The first-order valence-electron chi connectivity index (χ1n) is 3.12. The van der Waals surface area contributed by atoms with Crippen molar-refractivity contribution < 1.29 is 9.13 Å². The Morgan fingerprint density at radius 3 is 2.75 bits per heavy atom. The van der Waals surface area contributed by atoms with Crippen LogP contribution in [-0.2, 0) is 0 Å². The number of halogens is 2. The van der Waals surface area contributed by atoms with Gasteiger partial charge in [0.05, 0.1) is 7.11 Å². The van der Waals surface area contributed by atoms with E-state index >= 15 is 0 Å². The second kappa shape index (κ2) is 3.42. The fourth-order valence-electron chi connectivity index (χ4n) is 0.819. The van der Waals surface area contributed by atoms with E-state index in [4.69, 9.17) is 21.6 Å². The molecule has 0 saturated heterocycles. The van der Waals surface area contributed by atoms with Crippen LogP contribution in [0.1, 0.15) is 5.56 Å². The van der Waals surface area contributed by atoms with Gasteiger partial charge in [0, 0.05) is 11.1 Å². The normalized spacial score (nSPS) is 9.17. The lowest BCUT2D eigenvalue weighted by Crippen LogP contribution is -1.91. The number of benzene rings is 1. The van der Waals surface area contributed by atoms with Gasteiger partial charge in [-0.1, -0.05) is 11.6 Å². The average molecular weight is 186 g/mol. The van der Waals surface area contributed by atoms with Gasteiger partial charge in [-0.05, 0) is 6.07 Å². The molecule has 0 unspecified atom stereocenters. The summed E-state index contributed by atoms with van der Waals surface area (Å²) in [5.41, 5.74) is -0.123. The summed E-state index contributed by atoms with van der Waals surface area (Å²) in [4.78, 5) is 0. The zero-order valence-corrected chi connectivity index (χ0v) is 7.02. The average Bonchev–Trinajstić information content (AvgIpc) is 2.03. The highest BCUT2D eigenvalue weighted by Gasteiger charge is 2.09. The molecule has 0 aliphatic carbocycles. The van der Waals surface area contributed by atoms with Crippen LogP contribution < -0.4 is 4.74 Å². The zero-order valence-electron chi connectivity index (χ0n) is 6.27. The Labute approximate surface area is 74.1 Å². The van der Waals surface area contributed by atoms with Crippen molar-refractivity contribution in [3.8, 4) is 11.8 Å². The van der Waals surface area contributed by atoms with Crippen molar-refractivity contribution in [1.29, 1.82) is 5.26 Å². The summed E-state index contributed by atoms with van der Waals surface area (Å²) in [6.45, 7) is 0. The van der Waals surface area contributed by atoms with Crippen LogP contribution in [0.15, 0.2) is 12.1 Å². The quantitative estimate of drug-likeness (QED) is 0.673. The molecule has 0 aliphatic heterocycles. The van der Waals surface area contributed by atoms with Gasteiger partial charge in [0.25, 0.3) is 0 Å². The van der Waals surface area contributed by atoms with Gasteiger partial charge < -0.3 is 4.74 Å². The fraction of sp³-hybridized carbons (Fsp3) is 0.125. The molecule has 1 aromatic carbocycles. The molecule has 1 rings (SSSR count). The highest BCUT2D eigenvalue weighted by atomic mass is 35.5. The number of methoxy groups -OCH3 is 1. The van der Waals surface area contributed by atoms with Gasteiger partial charge in [0.15, 0.2) is 0 Å². The SMILES string of the molecule is COc1cc(Cl)cc(F)c1C#N. The lowest BCUT2D eigenvalue weighted by Gasteiger charge is -2.02. The summed E-state index contributed by atoms with van der Waals surface area (Å²) in [5.74, 6) is -0.510. The Morgan fingerprint density at radius 1 is 1.58 bits per heavy atom. The van der Waals surface area contributed by atoms with Crippen LogP contribution in [0.3, 0.4) is 0 Å². The summed E-state index contributed by atoms with van der Waals surface area (Å²) in [7, 11) is 1.35. The highest BCUT2D eigenvalue weighted by Crippen LogP contribution is 2.25. The second-order valence-electron chi connectivity index (χ2n) is 2.08. The van der Waals surface area contributed by atoms with Crippen molar-refractivity contribution in [2.75, 3.05) is 7.11 Å². The molecule has 0 bridgehead atoms. The van der Waals surface area contributed by atoms with Gasteiger partial charge in [0.1, 0.15) is 23.2 Å². The first-order valence-corrected chi connectivity index (χ1v) is 3.50. The molecule has 0 spiro atoms. The van der Waals surface area contributed by atoms with Gasteiger partial charge in [-0.15, -0.1) is 0 Å². The maximum absolute atomic E-state index is 12.9. The van der Waals surface area contributed by atoms with Gasteiger partial charge in [-0.3, -0.25) is 0 Å². The molecule has 0 N–H and O–H groups in total. The molecule has 0 amide bonds. The van der Waals surface area contributed by atoms with Gasteiger partial charge in [0.2, 0.25) is 0 Å². The van der Waals surface area contributed by atoms with Crippen LogP contribution in [0.4, 0.5) is 4.39 Å². The third-order valence-electron chi connectivity index (χ3n) is 1.35. The molecule has 4 heteroatoms. The molecule has 0 aromatic heterocycles. The maximum atomic E-state index is 12.9. The number of hydrogen-bond acceptors (Lipinski definition) is 2. The second-order valence-corrected chi connectivity index (χ2v) is 2.51. The Balaban J connectivity index is 3.36. The van der Waals surface area contributed by atoms with E-state index < -0.39 is 5.82 Å². The van der Waals surface area contributed by atoms with Crippen molar-refractivity contribution in [2.24, 2.45) is 0 Å². The number of hydrogen-bond donors (Lipinski definition) is 0. The van der Waals surface area contributed by atoms with E-state index in [1.165, 1.54) is 13.2 Å². The molecule has 62 valence electrons. The van der Waals surface area contributed by atoms with Crippen LogP contribution in [0.5, 0.6) is 5.75 Å². The lowest BCUT2D eigenvalue weighted by molar-refractivity contribution is 0.409. The van der Waals surface area contributed by atoms with E-state index in [2.05, 4.69) is 0 Å². The summed E-state index contributed by atoms with van der Waals surface area (Å²) in [5, 5.41) is 8.72.